The molecule has 2 heterocycles. The number of aliphatic hydroxyl groups is 1. The minimum atomic E-state index is -0.926. The van der Waals surface area contributed by atoms with Crippen LogP contribution in [0, 0.1) is 19.7 Å². The van der Waals surface area contributed by atoms with E-state index in [0.717, 1.165) is 41.7 Å². The Bertz CT molecular complexity index is 1590. The van der Waals surface area contributed by atoms with E-state index in [1.54, 1.807) is 30.3 Å². The van der Waals surface area contributed by atoms with Crippen LogP contribution < -0.4 is 9.64 Å². The first-order valence-corrected chi connectivity index (χ1v) is 13.8. The van der Waals surface area contributed by atoms with Gasteiger partial charge in [0.1, 0.15) is 17.3 Å². The smallest absolute Gasteiger partial charge is 0.301 e. The summed E-state index contributed by atoms with van der Waals surface area (Å²) in [5.41, 5.74) is 3.28. The number of Topliss-reactive ketones (excluding diaryl/α,β-unsaturated/α-hetero) is 1. The Labute approximate surface area is 230 Å². The molecule has 8 heteroatoms. The summed E-state index contributed by atoms with van der Waals surface area (Å²) in [6.07, 6.45) is 3.13. The van der Waals surface area contributed by atoms with E-state index in [-0.39, 0.29) is 16.5 Å². The SMILES string of the molecule is CCCCCOc1ccc(C2/C(=C(\O)c3cc(C)ccc3C)C(=O)C(=O)N2c2nc3ccc(F)cc3s2)cc1. The van der Waals surface area contributed by atoms with Gasteiger partial charge in [0.15, 0.2) is 5.13 Å². The number of amides is 1. The van der Waals surface area contributed by atoms with Gasteiger partial charge < -0.3 is 9.84 Å². The van der Waals surface area contributed by atoms with Crippen molar-refractivity contribution >= 4 is 44.1 Å². The summed E-state index contributed by atoms with van der Waals surface area (Å²) in [7, 11) is 0. The van der Waals surface area contributed by atoms with Crippen molar-refractivity contribution in [2.45, 2.75) is 46.1 Å². The maximum atomic E-state index is 13.9. The summed E-state index contributed by atoms with van der Waals surface area (Å²) >= 11 is 1.12. The van der Waals surface area contributed by atoms with Crippen LogP contribution in [0.5, 0.6) is 5.75 Å². The van der Waals surface area contributed by atoms with E-state index < -0.39 is 23.5 Å². The highest BCUT2D eigenvalue weighted by atomic mass is 32.1. The van der Waals surface area contributed by atoms with Gasteiger partial charge >= 0.3 is 5.91 Å². The second-order valence-corrected chi connectivity index (χ2v) is 10.7. The second-order valence-electron chi connectivity index (χ2n) is 9.72. The Balaban J connectivity index is 1.63. The molecule has 6 nitrogen and oxygen atoms in total. The Morgan fingerprint density at radius 2 is 1.82 bits per heavy atom. The minimum absolute atomic E-state index is 0.0178. The Morgan fingerprint density at radius 3 is 2.56 bits per heavy atom. The van der Waals surface area contributed by atoms with Gasteiger partial charge in [-0.3, -0.25) is 14.5 Å². The summed E-state index contributed by atoms with van der Waals surface area (Å²) < 4.78 is 20.3. The van der Waals surface area contributed by atoms with Crippen LogP contribution in [0.25, 0.3) is 16.0 Å². The van der Waals surface area contributed by atoms with Crippen molar-refractivity contribution in [2.75, 3.05) is 11.5 Å². The van der Waals surface area contributed by atoms with Crippen LogP contribution in [0.15, 0.2) is 66.2 Å². The van der Waals surface area contributed by atoms with Crippen LogP contribution in [-0.4, -0.2) is 28.4 Å². The Kier molecular flexibility index (Phi) is 7.48. The zero-order valence-electron chi connectivity index (χ0n) is 22.0. The number of benzene rings is 3. The van der Waals surface area contributed by atoms with Gasteiger partial charge in [0, 0.05) is 5.56 Å². The fourth-order valence-corrected chi connectivity index (χ4v) is 5.78. The van der Waals surface area contributed by atoms with Crippen molar-refractivity contribution in [3.8, 4) is 5.75 Å². The predicted octanol–water partition coefficient (Wildman–Crippen LogP) is 7.25. The summed E-state index contributed by atoms with van der Waals surface area (Å²) in [5.74, 6) is -1.58. The highest BCUT2D eigenvalue weighted by molar-refractivity contribution is 7.22. The van der Waals surface area contributed by atoms with E-state index in [9.17, 15) is 19.1 Å². The molecule has 1 aromatic heterocycles. The molecule has 1 aliphatic rings. The van der Waals surface area contributed by atoms with Crippen molar-refractivity contribution in [1.82, 2.24) is 4.98 Å². The van der Waals surface area contributed by atoms with Crippen molar-refractivity contribution in [3.63, 3.8) is 0 Å². The predicted molar refractivity (Wildman–Crippen MR) is 152 cm³/mol. The molecule has 0 saturated carbocycles. The Hall–Kier alpha value is -4.04. The maximum absolute atomic E-state index is 13.9. The first-order valence-electron chi connectivity index (χ1n) is 13.0. The summed E-state index contributed by atoms with van der Waals surface area (Å²) in [4.78, 5) is 32.9. The molecule has 1 aliphatic heterocycles. The molecule has 200 valence electrons. The van der Waals surface area contributed by atoms with Crippen LogP contribution in [0.4, 0.5) is 9.52 Å². The van der Waals surface area contributed by atoms with Crippen LogP contribution in [-0.2, 0) is 9.59 Å². The van der Waals surface area contributed by atoms with Crippen LogP contribution in [0.1, 0.15) is 54.5 Å². The van der Waals surface area contributed by atoms with E-state index in [0.29, 0.717) is 33.7 Å². The summed E-state index contributed by atoms with van der Waals surface area (Å²) in [6.45, 7) is 6.46. The van der Waals surface area contributed by atoms with Crippen LogP contribution in [0.3, 0.4) is 0 Å². The number of aromatic nitrogens is 1. The lowest BCUT2D eigenvalue weighted by Gasteiger charge is -2.23. The minimum Gasteiger partial charge on any atom is -0.507 e. The van der Waals surface area contributed by atoms with Gasteiger partial charge in [-0.1, -0.05) is 60.9 Å². The average Bonchev–Trinajstić information content (AvgIpc) is 3.45. The fourth-order valence-electron chi connectivity index (χ4n) is 4.76. The molecule has 5 rings (SSSR count). The lowest BCUT2D eigenvalue weighted by Crippen LogP contribution is -2.29. The number of hydrogen-bond donors (Lipinski definition) is 1. The van der Waals surface area contributed by atoms with Gasteiger partial charge in [-0.2, -0.15) is 0 Å². The number of fused-ring (bicyclic) bond motifs is 1. The monoisotopic (exact) mass is 544 g/mol. The van der Waals surface area contributed by atoms with Gasteiger partial charge in [-0.05, 0) is 67.8 Å². The third-order valence-corrected chi connectivity index (χ3v) is 7.87. The number of nitrogens with zero attached hydrogens (tertiary/aromatic N) is 2. The molecule has 4 aromatic rings. The van der Waals surface area contributed by atoms with Gasteiger partial charge in [0.05, 0.1) is 28.4 Å². The molecule has 1 amide bonds. The second kappa shape index (κ2) is 11.0. The standard InChI is InChI=1S/C31H29FN2O4S/c1-4-5-6-15-38-22-12-9-20(10-13-22)27-26(28(35)23-16-18(2)7-8-19(23)3)29(36)30(37)34(27)31-33-24-14-11-21(32)17-25(24)39-31/h7-14,16-17,27,35H,4-6,15H2,1-3H3/b28-26+. The number of hydrogen-bond acceptors (Lipinski definition) is 6. The quantitative estimate of drug-likeness (QED) is 0.109. The van der Waals surface area contributed by atoms with Gasteiger partial charge in [0.25, 0.3) is 5.78 Å². The van der Waals surface area contributed by atoms with Crippen molar-refractivity contribution in [1.29, 1.82) is 0 Å². The number of carbonyl (C=O) groups excluding carboxylic acids is 2. The van der Waals surface area contributed by atoms with E-state index in [4.69, 9.17) is 4.74 Å². The van der Waals surface area contributed by atoms with Crippen LogP contribution >= 0.6 is 11.3 Å². The number of thiazole rings is 1. The van der Waals surface area contributed by atoms with Crippen molar-refractivity contribution in [2.24, 2.45) is 0 Å². The van der Waals surface area contributed by atoms with E-state index in [2.05, 4.69) is 11.9 Å². The van der Waals surface area contributed by atoms with Gasteiger partial charge in [0.2, 0.25) is 0 Å². The Morgan fingerprint density at radius 1 is 1.05 bits per heavy atom. The van der Waals surface area contributed by atoms with Gasteiger partial charge in [-0.25, -0.2) is 9.37 Å². The molecule has 0 spiro atoms. The summed E-state index contributed by atoms with van der Waals surface area (Å²) in [5, 5.41) is 11.7. The van der Waals surface area contributed by atoms with E-state index in [1.807, 2.05) is 26.0 Å². The zero-order valence-corrected chi connectivity index (χ0v) is 22.8. The number of ketones is 1. The zero-order chi connectivity index (χ0) is 27.7. The highest BCUT2D eigenvalue weighted by Crippen LogP contribution is 2.45. The lowest BCUT2D eigenvalue weighted by molar-refractivity contribution is -0.132. The molecule has 1 unspecified atom stereocenters. The first-order chi connectivity index (χ1) is 18.8. The normalized spacial score (nSPS) is 16.8. The maximum Gasteiger partial charge on any atom is 0.301 e. The van der Waals surface area contributed by atoms with Crippen LogP contribution in [0.2, 0.25) is 0 Å². The molecule has 0 aliphatic carbocycles. The molecular formula is C31H29FN2O4S. The number of carbonyl (C=O) groups is 2. The number of aryl methyl sites for hydroxylation is 2. The number of anilines is 1. The number of aliphatic hydroxyl groups excluding tert-OH is 1. The number of halogens is 1. The lowest BCUT2D eigenvalue weighted by atomic mass is 9.93. The number of unbranched alkanes of at least 4 members (excludes halogenated alkanes) is 2. The molecule has 0 radical (unpaired) electrons. The summed E-state index contributed by atoms with van der Waals surface area (Å²) in [6, 6.07) is 16.0. The van der Waals surface area contributed by atoms with Crippen molar-refractivity contribution in [3.05, 3.63) is 94.3 Å². The topological polar surface area (TPSA) is 79.7 Å². The first kappa shape index (κ1) is 26.6. The average molecular weight is 545 g/mol. The third-order valence-electron chi connectivity index (χ3n) is 6.85. The molecule has 1 fully saturated rings. The van der Waals surface area contributed by atoms with E-state index in [1.165, 1.54) is 23.1 Å². The number of ether oxygens (including phenoxy) is 1. The molecule has 1 N–H and O–H groups in total. The fraction of sp³-hybridized carbons (Fsp3) is 0.258. The molecule has 1 atom stereocenters. The molecule has 39 heavy (non-hydrogen) atoms. The molecule has 1 saturated heterocycles. The molecule has 3 aromatic carbocycles. The molecular weight excluding hydrogens is 515 g/mol. The highest BCUT2D eigenvalue weighted by Gasteiger charge is 2.48. The van der Waals surface area contributed by atoms with Gasteiger partial charge in [-0.15, -0.1) is 0 Å². The third kappa shape index (κ3) is 5.16. The van der Waals surface area contributed by atoms with Crippen molar-refractivity contribution < 1.29 is 23.8 Å². The number of rotatable bonds is 8. The molecule has 0 bridgehead atoms. The largest absolute Gasteiger partial charge is 0.507 e. The van der Waals surface area contributed by atoms with E-state index >= 15 is 0 Å².